The van der Waals surface area contributed by atoms with E-state index in [1.807, 2.05) is 30.3 Å². The van der Waals surface area contributed by atoms with E-state index in [-0.39, 0.29) is 5.78 Å². The Hall–Kier alpha value is -1.19. The van der Waals surface area contributed by atoms with Crippen LogP contribution in [0.1, 0.15) is 42.5 Å². The molecule has 3 rings (SSSR count). The Morgan fingerprint density at radius 3 is 2.76 bits per heavy atom. The molecular formula is C18H26N2O. The number of fused-ring (bicyclic) bond motifs is 1. The zero-order valence-electron chi connectivity index (χ0n) is 12.8. The molecule has 2 aliphatic heterocycles. The number of benzene rings is 1. The van der Waals surface area contributed by atoms with Crippen LogP contribution < -0.4 is 0 Å². The highest BCUT2D eigenvalue weighted by Crippen LogP contribution is 2.21. The van der Waals surface area contributed by atoms with E-state index in [9.17, 15) is 4.79 Å². The van der Waals surface area contributed by atoms with E-state index < -0.39 is 0 Å². The minimum atomic E-state index is 0.285. The highest BCUT2D eigenvalue weighted by atomic mass is 16.1. The van der Waals surface area contributed by atoms with Gasteiger partial charge in [-0.3, -0.25) is 9.69 Å². The van der Waals surface area contributed by atoms with Gasteiger partial charge in [0.25, 0.3) is 0 Å². The summed E-state index contributed by atoms with van der Waals surface area (Å²) in [6.45, 7) is 6.05. The maximum Gasteiger partial charge on any atom is 0.162 e. The molecule has 2 aliphatic rings. The third-order valence-corrected chi connectivity index (χ3v) is 4.86. The van der Waals surface area contributed by atoms with E-state index >= 15 is 0 Å². The summed E-state index contributed by atoms with van der Waals surface area (Å²) in [6.07, 6.45) is 5.67. The van der Waals surface area contributed by atoms with Gasteiger partial charge in [0.2, 0.25) is 0 Å². The smallest absolute Gasteiger partial charge is 0.162 e. The van der Waals surface area contributed by atoms with Crippen molar-refractivity contribution in [2.24, 2.45) is 0 Å². The maximum atomic E-state index is 12.1. The molecule has 0 spiro atoms. The van der Waals surface area contributed by atoms with E-state index in [0.29, 0.717) is 6.42 Å². The number of hydrogen-bond donors (Lipinski definition) is 0. The van der Waals surface area contributed by atoms with Crippen LogP contribution in [0, 0.1) is 0 Å². The first-order valence-corrected chi connectivity index (χ1v) is 8.37. The van der Waals surface area contributed by atoms with Crippen molar-refractivity contribution in [3.8, 4) is 0 Å². The largest absolute Gasteiger partial charge is 0.302 e. The van der Waals surface area contributed by atoms with Gasteiger partial charge in [-0.05, 0) is 51.9 Å². The molecule has 0 aliphatic carbocycles. The molecule has 0 radical (unpaired) electrons. The number of ketones is 1. The molecule has 0 amide bonds. The van der Waals surface area contributed by atoms with Gasteiger partial charge in [-0.15, -0.1) is 0 Å². The zero-order valence-corrected chi connectivity index (χ0v) is 12.8. The Bertz CT molecular complexity index is 460. The van der Waals surface area contributed by atoms with E-state index in [2.05, 4.69) is 9.80 Å². The van der Waals surface area contributed by atoms with Crippen molar-refractivity contribution in [1.29, 1.82) is 0 Å². The van der Waals surface area contributed by atoms with Crippen LogP contribution in [0.15, 0.2) is 30.3 Å². The summed E-state index contributed by atoms with van der Waals surface area (Å²) in [7, 11) is 0. The number of carbonyl (C=O) groups is 1. The second-order valence-corrected chi connectivity index (χ2v) is 6.38. The summed E-state index contributed by atoms with van der Waals surface area (Å²) in [4.78, 5) is 17.3. The number of nitrogens with zero attached hydrogens (tertiary/aromatic N) is 2. The van der Waals surface area contributed by atoms with E-state index in [1.54, 1.807) is 0 Å². The summed E-state index contributed by atoms with van der Waals surface area (Å²) < 4.78 is 0. The number of rotatable bonds is 5. The van der Waals surface area contributed by atoms with E-state index in [1.165, 1.54) is 45.4 Å². The molecule has 21 heavy (non-hydrogen) atoms. The van der Waals surface area contributed by atoms with Crippen molar-refractivity contribution in [3.05, 3.63) is 35.9 Å². The molecule has 114 valence electrons. The quantitative estimate of drug-likeness (QED) is 0.778. The Labute approximate surface area is 127 Å². The van der Waals surface area contributed by atoms with Crippen LogP contribution in [0.5, 0.6) is 0 Å². The third-order valence-electron chi connectivity index (χ3n) is 4.86. The number of hydrogen-bond acceptors (Lipinski definition) is 3. The minimum absolute atomic E-state index is 0.285. The van der Waals surface area contributed by atoms with Gasteiger partial charge < -0.3 is 4.90 Å². The average Bonchev–Trinajstić information content (AvgIpc) is 2.86. The van der Waals surface area contributed by atoms with Crippen LogP contribution in [0.3, 0.4) is 0 Å². The monoisotopic (exact) mass is 286 g/mol. The van der Waals surface area contributed by atoms with Gasteiger partial charge in [-0.1, -0.05) is 30.3 Å². The summed E-state index contributed by atoms with van der Waals surface area (Å²) in [5, 5.41) is 0. The highest BCUT2D eigenvalue weighted by molar-refractivity contribution is 5.95. The lowest BCUT2D eigenvalue weighted by Gasteiger charge is -2.25. The molecular weight excluding hydrogens is 260 g/mol. The lowest BCUT2D eigenvalue weighted by atomic mass is 10.1. The summed E-state index contributed by atoms with van der Waals surface area (Å²) in [6, 6.07) is 10.5. The fraction of sp³-hybridized carbons (Fsp3) is 0.611. The molecule has 1 unspecified atom stereocenters. The minimum Gasteiger partial charge on any atom is -0.302 e. The second kappa shape index (κ2) is 7.19. The van der Waals surface area contributed by atoms with Crippen molar-refractivity contribution in [1.82, 2.24) is 9.80 Å². The molecule has 1 atom stereocenters. The molecule has 0 saturated carbocycles. The Morgan fingerprint density at radius 1 is 1.10 bits per heavy atom. The molecule has 1 aromatic rings. The number of carbonyl (C=O) groups excluding carboxylic acids is 1. The predicted octanol–water partition coefficient (Wildman–Crippen LogP) is 2.82. The van der Waals surface area contributed by atoms with Crippen LogP contribution >= 0.6 is 0 Å². The van der Waals surface area contributed by atoms with E-state index in [0.717, 1.165) is 24.6 Å². The standard InChI is InChI=1S/C18H26N2O/c21-18(16-7-2-1-3-8-16)10-5-11-19-12-6-14-20-13-4-9-17(20)15-19/h1-3,7-8,17H,4-6,9-15H2. The molecule has 3 heteroatoms. The van der Waals surface area contributed by atoms with Crippen molar-refractivity contribution in [2.75, 3.05) is 32.7 Å². The normalized spacial score (nSPS) is 23.7. The van der Waals surface area contributed by atoms with Crippen LogP contribution in [-0.2, 0) is 0 Å². The molecule has 1 aromatic carbocycles. The van der Waals surface area contributed by atoms with Gasteiger partial charge in [0.15, 0.2) is 5.78 Å². The van der Waals surface area contributed by atoms with Crippen LogP contribution in [0.4, 0.5) is 0 Å². The summed E-state index contributed by atoms with van der Waals surface area (Å²) >= 11 is 0. The van der Waals surface area contributed by atoms with Crippen LogP contribution in [-0.4, -0.2) is 54.3 Å². The fourth-order valence-corrected chi connectivity index (χ4v) is 3.72. The number of Topliss-reactive ketones (excluding diaryl/α,β-unsaturated/α-hetero) is 1. The van der Waals surface area contributed by atoms with Crippen LogP contribution in [0.25, 0.3) is 0 Å². The molecule has 0 bridgehead atoms. The molecule has 0 aromatic heterocycles. The first-order valence-electron chi connectivity index (χ1n) is 8.37. The third kappa shape index (κ3) is 3.92. The summed E-state index contributed by atoms with van der Waals surface area (Å²) in [5.74, 6) is 0.285. The fourth-order valence-electron chi connectivity index (χ4n) is 3.72. The van der Waals surface area contributed by atoms with Crippen molar-refractivity contribution in [2.45, 2.75) is 38.1 Å². The van der Waals surface area contributed by atoms with Gasteiger partial charge in [0.1, 0.15) is 0 Å². The molecule has 3 nitrogen and oxygen atoms in total. The molecule has 0 N–H and O–H groups in total. The summed E-state index contributed by atoms with van der Waals surface area (Å²) in [5.41, 5.74) is 0.857. The SMILES string of the molecule is O=C(CCCN1CCCN2CCCC2C1)c1ccccc1. The maximum absolute atomic E-state index is 12.1. The zero-order chi connectivity index (χ0) is 14.5. The molecule has 2 saturated heterocycles. The van der Waals surface area contributed by atoms with Crippen LogP contribution in [0.2, 0.25) is 0 Å². The first-order chi connectivity index (χ1) is 10.3. The topological polar surface area (TPSA) is 23.6 Å². The molecule has 2 fully saturated rings. The van der Waals surface area contributed by atoms with Gasteiger partial charge in [-0.25, -0.2) is 0 Å². The predicted molar refractivity (Wildman–Crippen MR) is 85.7 cm³/mol. The van der Waals surface area contributed by atoms with Gasteiger partial charge in [-0.2, -0.15) is 0 Å². The van der Waals surface area contributed by atoms with Gasteiger partial charge in [0.05, 0.1) is 0 Å². The van der Waals surface area contributed by atoms with Crippen molar-refractivity contribution in [3.63, 3.8) is 0 Å². The molecule has 2 heterocycles. The Balaban J connectivity index is 1.43. The van der Waals surface area contributed by atoms with E-state index in [4.69, 9.17) is 0 Å². The lowest BCUT2D eigenvalue weighted by Crippen LogP contribution is -2.37. The van der Waals surface area contributed by atoms with Gasteiger partial charge in [0, 0.05) is 24.6 Å². The Morgan fingerprint density at radius 2 is 1.90 bits per heavy atom. The average molecular weight is 286 g/mol. The Kier molecular flexibility index (Phi) is 5.04. The van der Waals surface area contributed by atoms with Gasteiger partial charge >= 0.3 is 0 Å². The lowest BCUT2D eigenvalue weighted by molar-refractivity contribution is 0.0974. The first kappa shape index (κ1) is 14.7. The second-order valence-electron chi connectivity index (χ2n) is 6.38. The van der Waals surface area contributed by atoms with Crippen molar-refractivity contribution >= 4 is 5.78 Å². The van der Waals surface area contributed by atoms with Crippen molar-refractivity contribution < 1.29 is 4.79 Å². The highest BCUT2D eigenvalue weighted by Gasteiger charge is 2.28.